The van der Waals surface area contributed by atoms with Crippen molar-refractivity contribution in [2.45, 2.75) is 18.7 Å². The third-order valence-electron chi connectivity index (χ3n) is 5.53. The van der Waals surface area contributed by atoms with E-state index >= 15 is 0 Å². The highest BCUT2D eigenvalue weighted by Crippen LogP contribution is 2.25. The van der Waals surface area contributed by atoms with Gasteiger partial charge in [-0.25, -0.2) is 13.4 Å². The minimum absolute atomic E-state index is 0.324. The topological polar surface area (TPSA) is 96.7 Å². The Hall–Kier alpha value is -2.24. The molecule has 0 aromatic carbocycles. The number of sulfonamides is 1. The van der Waals surface area contributed by atoms with Gasteiger partial charge >= 0.3 is 0 Å². The average Bonchev–Trinajstić information content (AvgIpc) is 3.01. The van der Waals surface area contributed by atoms with Crippen LogP contribution >= 0.6 is 0 Å². The lowest BCUT2D eigenvalue weighted by atomic mass is 10.3. The Morgan fingerprint density at radius 2 is 1.69 bits per heavy atom. The summed E-state index contributed by atoms with van der Waals surface area (Å²) in [7, 11) is -1.80. The highest BCUT2D eigenvalue weighted by atomic mass is 32.2. The van der Waals surface area contributed by atoms with Crippen LogP contribution in [0, 0.1) is 13.8 Å². The van der Waals surface area contributed by atoms with Crippen LogP contribution in [0.5, 0.6) is 0 Å². The van der Waals surface area contributed by atoms with Crippen molar-refractivity contribution < 1.29 is 13.2 Å². The number of rotatable bonds is 4. The molecule has 11 heteroatoms. The van der Waals surface area contributed by atoms with Crippen molar-refractivity contribution in [3.05, 3.63) is 23.7 Å². The zero-order valence-electron chi connectivity index (χ0n) is 17.1. The maximum absolute atomic E-state index is 13.2. The van der Waals surface area contributed by atoms with E-state index in [2.05, 4.69) is 19.9 Å². The Bertz CT molecular complexity index is 977. The van der Waals surface area contributed by atoms with Crippen LogP contribution in [0.1, 0.15) is 11.4 Å². The predicted molar refractivity (Wildman–Crippen MR) is 109 cm³/mol. The molecule has 4 rings (SSSR count). The fourth-order valence-electron chi connectivity index (χ4n) is 3.85. The van der Waals surface area contributed by atoms with Crippen molar-refractivity contribution in [2.75, 3.05) is 62.3 Å². The highest BCUT2D eigenvalue weighted by Gasteiger charge is 2.33. The van der Waals surface area contributed by atoms with Gasteiger partial charge in [-0.2, -0.15) is 14.4 Å². The molecule has 0 saturated carbocycles. The van der Waals surface area contributed by atoms with Gasteiger partial charge in [-0.3, -0.25) is 4.68 Å². The van der Waals surface area contributed by atoms with E-state index in [-0.39, 0.29) is 0 Å². The molecule has 2 fully saturated rings. The smallest absolute Gasteiger partial charge is 0.246 e. The van der Waals surface area contributed by atoms with Gasteiger partial charge < -0.3 is 14.5 Å². The zero-order valence-corrected chi connectivity index (χ0v) is 17.9. The normalized spacial score (nSPS) is 19.0. The highest BCUT2D eigenvalue weighted by molar-refractivity contribution is 7.89. The number of hydrogen-bond donors (Lipinski definition) is 0. The monoisotopic (exact) mass is 421 g/mol. The number of nitrogens with zero attached hydrogens (tertiary/aromatic N) is 7. The van der Waals surface area contributed by atoms with Crippen LogP contribution < -0.4 is 9.80 Å². The standard InChI is InChI=1S/C18H27N7O3S/c1-14-17(15(2)22(3)21-14)29(26,27)25-8-6-23(7-9-25)16-4-5-19-18(20-16)24-10-12-28-13-11-24/h4-5H,6-13H2,1-3H3. The second-order valence-corrected chi connectivity index (χ2v) is 9.20. The third-order valence-corrected chi connectivity index (χ3v) is 7.68. The van der Waals surface area contributed by atoms with Crippen LogP contribution in [0.25, 0.3) is 0 Å². The van der Waals surface area contributed by atoms with Crippen molar-refractivity contribution >= 4 is 21.8 Å². The molecule has 10 nitrogen and oxygen atoms in total. The molecule has 0 aliphatic carbocycles. The summed E-state index contributed by atoms with van der Waals surface area (Å²) in [6, 6.07) is 1.88. The van der Waals surface area contributed by atoms with Crippen LogP contribution in [0.2, 0.25) is 0 Å². The second-order valence-electron chi connectivity index (χ2n) is 7.33. The van der Waals surface area contributed by atoms with Crippen LogP contribution in [0.3, 0.4) is 0 Å². The second kappa shape index (κ2) is 7.88. The van der Waals surface area contributed by atoms with Gasteiger partial charge in [0.15, 0.2) is 0 Å². The Balaban J connectivity index is 1.47. The minimum Gasteiger partial charge on any atom is -0.378 e. The molecule has 2 aliphatic rings. The summed E-state index contributed by atoms with van der Waals surface area (Å²) >= 11 is 0. The number of ether oxygens (including phenoxy) is 1. The lowest BCUT2D eigenvalue weighted by molar-refractivity contribution is 0.122. The van der Waals surface area contributed by atoms with Gasteiger partial charge in [0, 0.05) is 52.5 Å². The van der Waals surface area contributed by atoms with Gasteiger partial charge in [0.05, 0.1) is 24.6 Å². The average molecular weight is 422 g/mol. The van der Waals surface area contributed by atoms with Gasteiger partial charge in [0.25, 0.3) is 0 Å². The molecule has 0 atom stereocenters. The van der Waals surface area contributed by atoms with E-state index in [1.54, 1.807) is 36.1 Å². The van der Waals surface area contributed by atoms with Crippen molar-refractivity contribution in [1.29, 1.82) is 0 Å². The molecule has 2 aliphatic heterocycles. The fraction of sp³-hybridized carbons (Fsp3) is 0.611. The van der Waals surface area contributed by atoms with Crippen LogP contribution in [0.4, 0.5) is 11.8 Å². The molecule has 2 aromatic heterocycles. The molecule has 0 bridgehead atoms. The van der Waals surface area contributed by atoms with Gasteiger partial charge in [-0.05, 0) is 19.9 Å². The van der Waals surface area contributed by atoms with Gasteiger partial charge in [-0.1, -0.05) is 0 Å². The van der Waals surface area contributed by atoms with E-state index in [0.717, 1.165) is 18.9 Å². The maximum atomic E-state index is 13.2. The number of aryl methyl sites for hydroxylation is 2. The molecule has 4 heterocycles. The molecule has 2 saturated heterocycles. The van der Waals surface area contributed by atoms with E-state index in [9.17, 15) is 8.42 Å². The lowest BCUT2D eigenvalue weighted by Gasteiger charge is -2.35. The molecule has 0 spiro atoms. The first-order valence-electron chi connectivity index (χ1n) is 9.79. The van der Waals surface area contributed by atoms with Crippen molar-refractivity contribution in [1.82, 2.24) is 24.1 Å². The molecule has 0 amide bonds. The van der Waals surface area contributed by atoms with E-state index < -0.39 is 10.0 Å². The Morgan fingerprint density at radius 3 is 2.31 bits per heavy atom. The summed E-state index contributed by atoms with van der Waals surface area (Å²) < 4.78 is 34.9. The number of anilines is 2. The van der Waals surface area contributed by atoms with Crippen LogP contribution in [-0.4, -0.2) is 85.0 Å². The largest absolute Gasteiger partial charge is 0.378 e. The maximum Gasteiger partial charge on any atom is 0.246 e. The molecular formula is C18H27N7O3S. The number of hydrogen-bond acceptors (Lipinski definition) is 8. The van der Waals surface area contributed by atoms with Gasteiger partial charge in [0.2, 0.25) is 16.0 Å². The molecule has 0 radical (unpaired) electrons. The van der Waals surface area contributed by atoms with E-state index in [1.807, 2.05) is 6.07 Å². The Morgan fingerprint density at radius 1 is 1.00 bits per heavy atom. The van der Waals surface area contributed by atoms with E-state index in [1.165, 1.54) is 0 Å². The molecule has 2 aromatic rings. The van der Waals surface area contributed by atoms with Crippen molar-refractivity contribution in [2.24, 2.45) is 7.05 Å². The van der Waals surface area contributed by atoms with Crippen molar-refractivity contribution in [3.8, 4) is 0 Å². The number of morpholine rings is 1. The third kappa shape index (κ3) is 3.81. The van der Waals surface area contributed by atoms with E-state index in [4.69, 9.17) is 9.72 Å². The van der Waals surface area contributed by atoms with Crippen LogP contribution in [0.15, 0.2) is 17.2 Å². The summed E-state index contributed by atoms with van der Waals surface area (Å²) in [6.45, 7) is 8.42. The molecule has 158 valence electrons. The Kier molecular flexibility index (Phi) is 5.45. The SMILES string of the molecule is Cc1nn(C)c(C)c1S(=O)(=O)N1CCN(c2ccnc(N3CCOCC3)n2)CC1. The van der Waals surface area contributed by atoms with E-state index in [0.29, 0.717) is 61.6 Å². The van der Waals surface area contributed by atoms with Gasteiger partial charge in [0.1, 0.15) is 10.7 Å². The summed E-state index contributed by atoms with van der Waals surface area (Å²) in [6.07, 6.45) is 1.76. The summed E-state index contributed by atoms with van der Waals surface area (Å²) in [5.41, 5.74) is 1.20. The molecule has 0 unspecified atom stereocenters. The Labute approximate surface area is 171 Å². The number of aromatic nitrogens is 4. The zero-order chi connectivity index (χ0) is 20.6. The molecular weight excluding hydrogens is 394 g/mol. The quantitative estimate of drug-likeness (QED) is 0.690. The summed E-state index contributed by atoms with van der Waals surface area (Å²) in [4.78, 5) is 13.6. The minimum atomic E-state index is -3.56. The van der Waals surface area contributed by atoms with Gasteiger partial charge in [-0.15, -0.1) is 0 Å². The number of piperazine rings is 1. The summed E-state index contributed by atoms with van der Waals surface area (Å²) in [5, 5.41) is 4.26. The van der Waals surface area contributed by atoms with Crippen LogP contribution in [-0.2, 0) is 21.8 Å². The molecule has 0 N–H and O–H groups in total. The predicted octanol–water partition coefficient (Wildman–Crippen LogP) is 0.174. The van der Waals surface area contributed by atoms with Crippen molar-refractivity contribution in [3.63, 3.8) is 0 Å². The summed E-state index contributed by atoms with van der Waals surface area (Å²) in [5.74, 6) is 1.52. The fourth-order valence-corrected chi connectivity index (χ4v) is 5.67. The first kappa shape index (κ1) is 20.0. The first-order valence-corrected chi connectivity index (χ1v) is 11.2. The lowest BCUT2D eigenvalue weighted by Crippen LogP contribution is -2.49. The molecule has 29 heavy (non-hydrogen) atoms. The first-order chi connectivity index (χ1) is 13.9.